The van der Waals surface area contributed by atoms with Crippen molar-refractivity contribution in [2.45, 2.75) is 136 Å². The Bertz CT molecular complexity index is 1050. The van der Waals surface area contributed by atoms with Gasteiger partial charge in [-0.3, -0.25) is 22.6 Å². The summed E-state index contributed by atoms with van der Waals surface area (Å²) in [6, 6.07) is 17.0. The Hall–Kier alpha value is -1.50. The van der Waals surface area contributed by atoms with Crippen LogP contribution in [0.25, 0.3) is 11.1 Å². The van der Waals surface area contributed by atoms with Gasteiger partial charge in [0, 0.05) is 19.8 Å². The predicted molar refractivity (Wildman–Crippen MR) is 200 cm³/mol. The van der Waals surface area contributed by atoms with Crippen LogP contribution in [0.3, 0.4) is 0 Å². The van der Waals surface area contributed by atoms with Gasteiger partial charge in [-0.15, -0.1) is 0 Å². The SMILES string of the molecule is CCCCCCCCOP(=O)(OCCCCCCCC)OCCCCCCCC.COP(=O)(OC)Oc1ccccc1-c1ccccc1. The second kappa shape index (κ2) is 29.3. The molecule has 2 rings (SSSR count). The van der Waals surface area contributed by atoms with Crippen molar-refractivity contribution in [2.24, 2.45) is 0 Å². The van der Waals surface area contributed by atoms with E-state index in [4.69, 9.17) is 27.1 Å². The Morgan fingerprint density at radius 2 is 0.833 bits per heavy atom. The van der Waals surface area contributed by atoms with Crippen molar-refractivity contribution < 1.29 is 36.3 Å². The molecule has 0 heterocycles. The zero-order valence-electron chi connectivity index (χ0n) is 30.7. The highest BCUT2D eigenvalue weighted by atomic mass is 31.2. The first-order valence-corrected chi connectivity index (χ1v) is 21.4. The molecule has 48 heavy (non-hydrogen) atoms. The van der Waals surface area contributed by atoms with Crippen LogP contribution in [-0.2, 0) is 31.7 Å². The number of unbranched alkanes of at least 4 members (excludes halogenated alkanes) is 15. The fraction of sp³-hybridized carbons (Fsp3) is 0.684. The summed E-state index contributed by atoms with van der Waals surface area (Å²) in [5.74, 6) is 0.459. The third-order valence-electron chi connectivity index (χ3n) is 7.87. The Labute approximate surface area is 293 Å². The maximum atomic E-state index is 13.0. The first-order valence-electron chi connectivity index (χ1n) is 18.5. The average Bonchev–Trinajstić information content (AvgIpc) is 3.11. The number of phosphoric ester groups is 2. The lowest BCUT2D eigenvalue weighted by molar-refractivity contribution is 0.108. The Balaban J connectivity index is 0.000000519. The molecule has 0 aliphatic rings. The van der Waals surface area contributed by atoms with Gasteiger partial charge in [-0.05, 0) is 30.9 Å². The lowest BCUT2D eigenvalue weighted by Gasteiger charge is -2.18. The largest absolute Gasteiger partial charge is 0.529 e. The van der Waals surface area contributed by atoms with E-state index in [1.807, 2.05) is 42.5 Å². The molecule has 10 heteroatoms. The highest BCUT2D eigenvalue weighted by Gasteiger charge is 2.27. The molecular formula is C38H66O8P2. The molecule has 2 aromatic carbocycles. The summed E-state index contributed by atoms with van der Waals surface area (Å²) in [4.78, 5) is 0. The van der Waals surface area contributed by atoms with Crippen molar-refractivity contribution >= 4 is 15.6 Å². The number of benzene rings is 2. The highest BCUT2D eigenvalue weighted by Crippen LogP contribution is 2.50. The molecule has 0 saturated heterocycles. The first kappa shape index (κ1) is 44.5. The van der Waals surface area contributed by atoms with Gasteiger partial charge in [0.15, 0.2) is 0 Å². The van der Waals surface area contributed by atoms with Gasteiger partial charge in [0.1, 0.15) is 5.75 Å². The van der Waals surface area contributed by atoms with Gasteiger partial charge in [-0.25, -0.2) is 9.13 Å². The molecule has 0 fully saturated rings. The smallest absolute Gasteiger partial charge is 0.403 e. The topological polar surface area (TPSA) is 89.5 Å². The second-order valence-electron chi connectivity index (χ2n) is 12.0. The van der Waals surface area contributed by atoms with E-state index >= 15 is 0 Å². The number of phosphoric acid groups is 2. The van der Waals surface area contributed by atoms with E-state index in [9.17, 15) is 9.13 Å². The number of para-hydroxylation sites is 1. The molecule has 0 aliphatic heterocycles. The van der Waals surface area contributed by atoms with E-state index < -0.39 is 15.6 Å². The van der Waals surface area contributed by atoms with Crippen molar-refractivity contribution in [1.82, 2.24) is 0 Å². The van der Waals surface area contributed by atoms with E-state index in [1.54, 1.807) is 12.1 Å². The summed E-state index contributed by atoms with van der Waals surface area (Å²) >= 11 is 0. The van der Waals surface area contributed by atoms with Crippen LogP contribution in [0.1, 0.15) is 136 Å². The molecule has 0 atom stereocenters. The molecule has 0 radical (unpaired) electrons. The van der Waals surface area contributed by atoms with E-state index in [1.165, 1.54) is 91.3 Å². The molecule has 276 valence electrons. The third kappa shape index (κ3) is 21.6. The third-order valence-corrected chi connectivity index (χ3v) is 10.7. The summed E-state index contributed by atoms with van der Waals surface area (Å²) < 4.78 is 56.9. The minimum absolute atomic E-state index is 0.459. The minimum atomic E-state index is -3.55. The Kier molecular flexibility index (Phi) is 27.1. The van der Waals surface area contributed by atoms with Gasteiger partial charge < -0.3 is 4.52 Å². The molecule has 0 aliphatic carbocycles. The summed E-state index contributed by atoms with van der Waals surface area (Å²) in [5.41, 5.74) is 1.80. The van der Waals surface area contributed by atoms with Gasteiger partial charge in [0.2, 0.25) is 0 Å². The van der Waals surface area contributed by atoms with Crippen LogP contribution in [0, 0.1) is 0 Å². The maximum Gasteiger partial charge on any atom is 0.529 e. The van der Waals surface area contributed by atoms with Gasteiger partial charge in [0.05, 0.1) is 19.8 Å². The van der Waals surface area contributed by atoms with E-state index in [2.05, 4.69) is 20.8 Å². The van der Waals surface area contributed by atoms with Gasteiger partial charge in [-0.2, -0.15) is 0 Å². The zero-order chi connectivity index (χ0) is 35.2. The summed E-state index contributed by atoms with van der Waals surface area (Å²) in [6.45, 7) is 8.08. The molecule has 0 N–H and O–H groups in total. The fourth-order valence-corrected chi connectivity index (χ4v) is 6.94. The Morgan fingerprint density at radius 1 is 0.458 bits per heavy atom. The molecule has 0 aromatic heterocycles. The van der Waals surface area contributed by atoms with E-state index in [-0.39, 0.29) is 0 Å². The monoisotopic (exact) mass is 712 g/mol. The molecular weight excluding hydrogens is 646 g/mol. The predicted octanol–water partition coefficient (Wildman–Crippen LogP) is 13.4. The van der Waals surface area contributed by atoms with Gasteiger partial charge >= 0.3 is 15.6 Å². The van der Waals surface area contributed by atoms with Crippen molar-refractivity contribution in [2.75, 3.05) is 34.0 Å². The average molecular weight is 713 g/mol. The minimum Gasteiger partial charge on any atom is -0.403 e. The second-order valence-corrected chi connectivity index (χ2v) is 15.5. The van der Waals surface area contributed by atoms with Gasteiger partial charge in [-0.1, -0.05) is 166 Å². The first-order chi connectivity index (χ1) is 23.4. The molecule has 8 nitrogen and oxygen atoms in total. The van der Waals surface area contributed by atoms with Crippen LogP contribution in [0.2, 0.25) is 0 Å². The van der Waals surface area contributed by atoms with Gasteiger partial charge in [0.25, 0.3) is 0 Å². The Morgan fingerprint density at radius 3 is 1.25 bits per heavy atom. The number of rotatable bonds is 29. The van der Waals surface area contributed by atoms with Crippen molar-refractivity contribution in [3.05, 3.63) is 54.6 Å². The lowest BCUT2D eigenvalue weighted by atomic mass is 10.1. The molecule has 0 unspecified atom stereocenters. The van der Waals surface area contributed by atoms with Crippen LogP contribution in [0.4, 0.5) is 0 Å². The normalized spacial score (nSPS) is 11.7. The fourth-order valence-electron chi connectivity index (χ4n) is 4.96. The zero-order valence-corrected chi connectivity index (χ0v) is 32.5. The van der Waals surface area contributed by atoms with Crippen LogP contribution in [0.5, 0.6) is 5.75 Å². The van der Waals surface area contributed by atoms with Crippen LogP contribution in [-0.4, -0.2) is 34.0 Å². The van der Waals surface area contributed by atoms with Crippen LogP contribution >= 0.6 is 15.6 Å². The van der Waals surface area contributed by atoms with Crippen molar-refractivity contribution in [1.29, 1.82) is 0 Å². The molecule has 0 amide bonds. The lowest BCUT2D eigenvalue weighted by Crippen LogP contribution is -2.04. The van der Waals surface area contributed by atoms with Crippen LogP contribution < -0.4 is 4.52 Å². The summed E-state index contributed by atoms with van der Waals surface area (Å²) in [5, 5.41) is 0. The maximum absolute atomic E-state index is 13.0. The molecule has 0 bridgehead atoms. The molecule has 0 spiro atoms. The quantitative estimate of drug-likeness (QED) is 0.0608. The summed E-state index contributed by atoms with van der Waals surface area (Å²) in [7, 11) is -4.38. The van der Waals surface area contributed by atoms with E-state index in [0.717, 1.165) is 49.7 Å². The van der Waals surface area contributed by atoms with Crippen molar-refractivity contribution in [3.63, 3.8) is 0 Å². The van der Waals surface area contributed by atoms with E-state index in [0.29, 0.717) is 25.6 Å². The number of hydrogen-bond acceptors (Lipinski definition) is 8. The highest BCUT2D eigenvalue weighted by molar-refractivity contribution is 7.49. The van der Waals surface area contributed by atoms with Crippen molar-refractivity contribution in [3.8, 4) is 16.9 Å². The van der Waals surface area contributed by atoms with Crippen LogP contribution in [0.15, 0.2) is 54.6 Å². The molecule has 2 aromatic rings. The standard InChI is InChI=1S/C24H51O4P.C14H15O4P/c1-4-7-10-13-16-19-22-26-29(25,27-23-20-17-14-11-8-5-2)28-24-21-18-15-12-9-6-3;1-16-19(15,17-2)18-14-11-7-6-10-13(14)12-8-4-3-5-9-12/h4-24H2,1-3H3;3-11H,1-2H3. The summed E-state index contributed by atoms with van der Waals surface area (Å²) in [6.07, 6.45) is 21.3. The molecule has 0 saturated carbocycles. The number of hydrogen-bond donors (Lipinski definition) is 0.